The zero-order chi connectivity index (χ0) is 16.2. The number of carbonyl (C=O) groups excluding carboxylic acids is 1. The van der Waals surface area contributed by atoms with Gasteiger partial charge in [0.2, 0.25) is 5.91 Å². The molecular formula is C18H18F2N2O. The van der Waals surface area contributed by atoms with Crippen LogP contribution in [0.3, 0.4) is 0 Å². The van der Waals surface area contributed by atoms with Crippen LogP contribution >= 0.6 is 0 Å². The maximum absolute atomic E-state index is 13.3. The minimum atomic E-state index is -0.710. The monoisotopic (exact) mass is 316 g/mol. The van der Waals surface area contributed by atoms with E-state index in [4.69, 9.17) is 0 Å². The smallest absolute Gasteiger partial charge is 0.246 e. The van der Waals surface area contributed by atoms with E-state index in [1.165, 1.54) is 0 Å². The second-order valence-electron chi connectivity index (χ2n) is 5.70. The third-order valence-electron chi connectivity index (χ3n) is 4.00. The van der Waals surface area contributed by atoms with E-state index in [2.05, 4.69) is 10.2 Å². The van der Waals surface area contributed by atoms with Crippen LogP contribution in [0.15, 0.2) is 48.5 Å². The Bertz CT molecular complexity index is 664. The minimum Gasteiger partial charge on any atom is -0.324 e. The molecule has 5 heteroatoms. The summed E-state index contributed by atoms with van der Waals surface area (Å²) in [7, 11) is 0. The molecule has 0 radical (unpaired) electrons. The highest BCUT2D eigenvalue weighted by Gasteiger charge is 2.29. The van der Waals surface area contributed by atoms with Crippen LogP contribution < -0.4 is 5.32 Å². The molecule has 1 atom stereocenters. The lowest BCUT2D eigenvalue weighted by molar-refractivity contribution is -0.121. The van der Waals surface area contributed by atoms with Gasteiger partial charge in [0.05, 0.1) is 0 Å². The first-order chi connectivity index (χ1) is 11.1. The van der Waals surface area contributed by atoms with Crippen LogP contribution in [-0.2, 0) is 4.79 Å². The number of rotatable bonds is 4. The molecule has 0 aromatic heterocycles. The summed E-state index contributed by atoms with van der Waals surface area (Å²) in [5, 5.41) is 2.64. The van der Waals surface area contributed by atoms with Crippen LogP contribution in [0.5, 0.6) is 0 Å². The van der Waals surface area contributed by atoms with E-state index >= 15 is 0 Å². The molecule has 1 aliphatic heterocycles. The molecule has 1 fully saturated rings. The molecule has 2 aromatic carbocycles. The number of hydrogen-bond acceptors (Lipinski definition) is 2. The van der Waals surface area contributed by atoms with E-state index in [-0.39, 0.29) is 11.6 Å². The van der Waals surface area contributed by atoms with Gasteiger partial charge in [-0.1, -0.05) is 30.3 Å². The highest BCUT2D eigenvalue weighted by molar-refractivity contribution is 5.95. The fraction of sp³-hybridized carbons (Fsp3) is 0.278. The zero-order valence-corrected chi connectivity index (χ0v) is 12.6. The SMILES string of the molecule is O=C(Nc1cc(F)cc(F)c1)C(c1ccccc1)N1CCCC1. The molecule has 1 amide bonds. The maximum Gasteiger partial charge on any atom is 0.246 e. The van der Waals surface area contributed by atoms with Crippen molar-refractivity contribution < 1.29 is 13.6 Å². The molecule has 1 unspecified atom stereocenters. The molecule has 1 aliphatic rings. The number of halogens is 2. The number of nitrogens with one attached hydrogen (secondary N) is 1. The number of benzene rings is 2. The van der Waals surface area contributed by atoms with Gasteiger partial charge in [-0.3, -0.25) is 9.69 Å². The first kappa shape index (κ1) is 15.6. The first-order valence-corrected chi connectivity index (χ1v) is 7.69. The highest BCUT2D eigenvalue weighted by atomic mass is 19.1. The average molecular weight is 316 g/mol. The Morgan fingerprint density at radius 3 is 2.22 bits per heavy atom. The Labute approximate surface area is 133 Å². The summed E-state index contributed by atoms with van der Waals surface area (Å²) >= 11 is 0. The average Bonchev–Trinajstić information content (AvgIpc) is 3.01. The molecule has 1 saturated heterocycles. The predicted octanol–water partition coefficient (Wildman–Crippen LogP) is 3.74. The molecule has 0 aliphatic carbocycles. The van der Waals surface area contributed by atoms with Gasteiger partial charge in [-0.05, 0) is 43.6 Å². The number of carbonyl (C=O) groups is 1. The van der Waals surface area contributed by atoms with Gasteiger partial charge in [0.1, 0.15) is 17.7 Å². The van der Waals surface area contributed by atoms with Gasteiger partial charge in [-0.25, -0.2) is 8.78 Å². The van der Waals surface area contributed by atoms with Gasteiger partial charge in [-0.2, -0.15) is 0 Å². The topological polar surface area (TPSA) is 32.3 Å². The van der Waals surface area contributed by atoms with E-state index in [0.29, 0.717) is 0 Å². The second-order valence-corrected chi connectivity index (χ2v) is 5.70. The van der Waals surface area contributed by atoms with Crippen LogP contribution in [0.2, 0.25) is 0 Å². The van der Waals surface area contributed by atoms with Crippen molar-refractivity contribution in [3.8, 4) is 0 Å². The van der Waals surface area contributed by atoms with Crippen molar-refractivity contribution >= 4 is 11.6 Å². The fourth-order valence-electron chi connectivity index (χ4n) is 3.00. The van der Waals surface area contributed by atoms with Gasteiger partial charge in [0, 0.05) is 11.8 Å². The summed E-state index contributed by atoms with van der Waals surface area (Å²) in [6, 6.07) is 12.0. The molecule has 2 aromatic rings. The van der Waals surface area contributed by atoms with Crippen molar-refractivity contribution in [1.82, 2.24) is 4.90 Å². The summed E-state index contributed by atoms with van der Waals surface area (Å²) in [4.78, 5) is 14.8. The summed E-state index contributed by atoms with van der Waals surface area (Å²) in [5.41, 5.74) is 1.01. The van der Waals surface area contributed by atoms with Gasteiger partial charge < -0.3 is 5.32 Å². The highest BCUT2D eigenvalue weighted by Crippen LogP contribution is 2.27. The zero-order valence-electron chi connectivity index (χ0n) is 12.6. The quantitative estimate of drug-likeness (QED) is 0.932. The van der Waals surface area contributed by atoms with Crippen molar-refractivity contribution in [2.45, 2.75) is 18.9 Å². The number of nitrogens with zero attached hydrogens (tertiary/aromatic N) is 1. The lowest BCUT2D eigenvalue weighted by Gasteiger charge is -2.27. The number of anilines is 1. The molecule has 1 N–H and O–H groups in total. The Kier molecular flexibility index (Phi) is 4.67. The van der Waals surface area contributed by atoms with E-state index in [1.807, 2.05) is 30.3 Å². The summed E-state index contributed by atoms with van der Waals surface area (Å²) in [5.74, 6) is -1.70. The van der Waals surface area contributed by atoms with E-state index in [1.54, 1.807) is 0 Å². The largest absolute Gasteiger partial charge is 0.324 e. The van der Waals surface area contributed by atoms with Gasteiger partial charge in [-0.15, -0.1) is 0 Å². The molecule has 0 saturated carbocycles. The molecular weight excluding hydrogens is 298 g/mol. The maximum atomic E-state index is 13.3. The Balaban J connectivity index is 1.85. The first-order valence-electron chi connectivity index (χ1n) is 7.69. The Hall–Kier alpha value is -2.27. The van der Waals surface area contributed by atoms with Crippen molar-refractivity contribution in [3.05, 3.63) is 65.7 Å². The Morgan fingerprint density at radius 2 is 1.61 bits per heavy atom. The van der Waals surface area contributed by atoms with Crippen LogP contribution in [0.4, 0.5) is 14.5 Å². The summed E-state index contributed by atoms with van der Waals surface area (Å²) in [6.07, 6.45) is 2.09. The lowest BCUT2D eigenvalue weighted by atomic mass is 10.0. The minimum absolute atomic E-state index is 0.132. The number of likely N-dealkylation sites (tertiary alicyclic amines) is 1. The van der Waals surface area contributed by atoms with Crippen molar-refractivity contribution in [2.24, 2.45) is 0 Å². The van der Waals surface area contributed by atoms with E-state index in [9.17, 15) is 13.6 Å². The van der Waals surface area contributed by atoms with Gasteiger partial charge >= 0.3 is 0 Å². The van der Waals surface area contributed by atoms with Crippen molar-refractivity contribution in [3.63, 3.8) is 0 Å². The van der Waals surface area contributed by atoms with Crippen LogP contribution in [0.25, 0.3) is 0 Å². The van der Waals surface area contributed by atoms with Gasteiger partial charge in [0.25, 0.3) is 0 Å². The molecule has 0 bridgehead atoms. The number of amides is 1. The lowest BCUT2D eigenvalue weighted by Crippen LogP contribution is -2.35. The number of hydrogen-bond donors (Lipinski definition) is 1. The normalized spacial score (nSPS) is 16.3. The van der Waals surface area contributed by atoms with Crippen molar-refractivity contribution in [2.75, 3.05) is 18.4 Å². The molecule has 1 heterocycles. The molecule has 23 heavy (non-hydrogen) atoms. The third-order valence-corrected chi connectivity index (χ3v) is 4.00. The third kappa shape index (κ3) is 3.74. The summed E-state index contributed by atoms with van der Waals surface area (Å²) < 4.78 is 26.6. The predicted molar refractivity (Wildman–Crippen MR) is 85.0 cm³/mol. The van der Waals surface area contributed by atoms with E-state index in [0.717, 1.165) is 49.7 Å². The molecule has 0 spiro atoms. The van der Waals surface area contributed by atoms with Crippen LogP contribution in [0.1, 0.15) is 24.4 Å². The Morgan fingerprint density at radius 1 is 1.00 bits per heavy atom. The molecule has 120 valence electrons. The van der Waals surface area contributed by atoms with E-state index < -0.39 is 17.7 Å². The second kappa shape index (κ2) is 6.87. The fourth-order valence-corrected chi connectivity index (χ4v) is 3.00. The van der Waals surface area contributed by atoms with Crippen LogP contribution in [-0.4, -0.2) is 23.9 Å². The molecule has 3 nitrogen and oxygen atoms in total. The standard InChI is InChI=1S/C18H18F2N2O/c19-14-10-15(20)12-16(11-14)21-18(23)17(22-8-4-5-9-22)13-6-2-1-3-7-13/h1-3,6-7,10-12,17H,4-5,8-9H2,(H,21,23). The van der Waals surface area contributed by atoms with Crippen LogP contribution in [0, 0.1) is 11.6 Å². The molecule has 3 rings (SSSR count). The van der Waals surface area contributed by atoms with Gasteiger partial charge in [0.15, 0.2) is 0 Å². The van der Waals surface area contributed by atoms with Crippen molar-refractivity contribution in [1.29, 1.82) is 0 Å². The summed E-state index contributed by atoms with van der Waals surface area (Å²) in [6.45, 7) is 1.68.